The van der Waals surface area contributed by atoms with E-state index in [9.17, 15) is 0 Å². The van der Waals surface area contributed by atoms with Gasteiger partial charge in [-0.15, -0.1) is 0 Å². The SMILES string of the molecule is CNC1CCCc2nc(-c3ccc(C4CC4)cc3)ncc21. The normalized spacial score (nSPS) is 21.1. The van der Waals surface area contributed by atoms with Crippen molar-refractivity contribution < 1.29 is 0 Å². The second-order valence-corrected chi connectivity index (χ2v) is 6.23. The summed E-state index contributed by atoms with van der Waals surface area (Å²) >= 11 is 0. The van der Waals surface area contributed by atoms with Crippen LogP contribution in [-0.4, -0.2) is 17.0 Å². The van der Waals surface area contributed by atoms with Crippen LogP contribution in [0.3, 0.4) is 0 Å². The fourth-order valence-electron chi connectivity index (χ4n) is 3.31. The molecule has 1 aromatic heterocycles. The van der Waals surface area contributed by atoms with Gasteiger partial charge in [-0.1, -0.05) is 24.3 Å². The van der Waals surface area contributed by atoms with E-state index in [0.29, 0.717) is 6.04 Å². The van der Waals surface area contributed by atoms with Crippen LogP contribution in [0.15, 0.2) is 30.5 Å². The van der Waals surface area contributed by atoms with Gasteiger partial charge in [0.15, 0.2) is 5.82 Å². The topological polar surface area (TPSA) is 37.8 Å². The molecule has 1 atom stereocenters. The van der Waals surface area contributed by atoms with E-state index in [1.165, 1.54) is 42.5 Å². The molecular weight excluding hydrogens is 258 g/mol. The molecule has 3 heteroatoms. The summed E-state index contributed by atoms with van der Waals surface area (Å²) < 4.78 is 0. The van der Waals surface area contributed by atoms with Gasteiger partial charge < -0.3 is 5.32 Å². The molecule has 4 rings (SSSR count). The van der Waals surface area contributed by atoms with E-state index in [1.807, 2.05) is 13.2 Å². The van der Waals surface area contributed by atoms with E-state index in [1.54, 1.807) is 0 Å². The fourth-order valence-corrected chi connectivity index (χ4v) is 3.31. The summed E-state index contributed by atoms with van der Waals surface area (Å²) in [5, 5.41) is 3.37. The van der Waals surface area contributed by atoms with Gasteiger partial charge in [-0.3, -0.25) is 0 Å². The van der Waals surface area contributed by atoms with Crippen LogP contribution in [0.1, 0.15) is 54.5 Å². The summed E-state index contributed by atoms with van der Waals surface area (Å²) in [5.74, 6) is 1.67. The molecule has 108 valence electrons. The van der Waals surface area contributed by atoms with Gasteiger partial charge in [-0.05, 0) is 50.6 Å². The van der Waals surface area contributed by atoms with Crippen molar-refractivity contribution in [2.45, 2.75) is 44.1 Å². The van der Waals surface area contributed by atoms with E-state index >= 15 is 0 Å². The number of fused-ring (bicyclic) bond motifs is 1. The zero-order valence-electron chi connectivity index (χ0n) is 12.5. The standard InChI is InChI=1S/C18H21N3/c1-19-16-3-2-4-17-15(16)11-20-18(21-17)14-9-7-13(8-10-14)12-5-6-12/h7-12,16,19H,2-6H2,1H3. The summed E-state index contributed by atoms with van der Waals surface area (Å²) in [5.41, 5.74) is 5.10. The molecule has 2 aliphatic carbocycles. The number of aromatic nitrogens is 2. The fraction of sp³-hybridized carbons (Fsp3) is 0.444. The van der Waals surface area contributed by atoms with Crippen LogP contribution >= 0.6 is 0 Å². The van der Waals surface area contributed by atoms with Crippen molar-refractivity contribution in [1.82, 2.24) is 15.3 Å². The van der Waals surface area contributed by atoms with Crippen molar-refractivity contribution in [3.63, 3.8) is 0 Å². The quantitative estimate of drug-likeness (QED) is 0.932. The zero-order valence-corrected chi connectivity index (χ0v) is 12.5. The Morgan fingerprint density at radius 1 is 1.10 bits per heavy atom. The van der Waals surface area contributed by atoms with Crippen LogP contribution in [-0.2, 0) is 6.42 Å². The summed E-state index contributed by atoms with van der Waals surface area (Å²) in [4.78, 5) is 9.42. The Bertz CT molecular complexity index is 644. The van der Waals surface area contributed by atoms with Crippen LogP contribution in [0.5, 0.6) is 0 Å². The molecule has 1 fully saturated rings. The van der Waals surface area contributed by atoms with Crippen LogP contribution in [0.4, 0.5) is 0 Å². The Hall–Kier alpha value is -1.74. The first-order chi connectivity index (χ1) is 10.3. The van der Waals surface area contributed by atoms with Crippen molar-refractivity contribution in [3.05, 3.63) is 47.3 Å². The lowest BCUT2D eigenvalue weighted by molar-refractivity contribution is 0.488. The van der Waals surface area contributed by atoms with Crippen molar-refractivity contribution >= 4 is 0 Å². The highest BCUT2D eigenvalue weighted by atomic mass is 14.9. The summed E-state index contributed by atoms with van der Waals surface area (Å²) in [6.45, 7) is 0. The van der Waals surface area contributed by atoms with Crippen LogP contribution in [0.2, 0.25) is 0 Å². The number of aryl methyl sites for hydroxylation is 1. The molecule has 0 radical (unpaired) electrons. The maximum atomic E-state index is 4.82. The first kappa shape index (κ1) is 13.0. The number of nitrogens with zero attached hydrogens (tertiary/aromatic N) is 2. The lowest BCUT2D eigenvalue weighted by atomic mass is 9.92. The number of benzene rings is 1. The predicted octanol–water partition coefficient (Wildman–Crippen LogP) is 3.62. The Labute approximate surface area is 125 Å². The maximum absolute atomic E-state index is 4.82. The second-order valence-electron chi connectivity index (χ2n) is 6.23. The van der Waals surface area contributed by atoms with Crippen molar-refractivity contribution in [2.24, 2.45) is 0 Å². The molecule has 2 aromatic rings. The number of hydrogen-bond acceptors (Lipinski definition) is 3. The number of hydrogen-bond donors (Lipinski definition) is 1. The minimum Gasteiger partial charge on any atom is -0.313 e. The Morgan fingerprint density at radius 3 is 2.62 bits per heavy atom. The molecule has 0 saturated heterocycles. The first-order valence-corrected chi connectivity index (χ1v) is 7.98. The summed E-state index contributed by atoms with van der Waals surface area (Å²) in [7, 11) is 2.02. The van der Waals surface area contributed by atoms with Gasteiger partial charge in [0.2, 0.25) is 0 Å². The molecule has 0 aliphatic heterocycles. The third-order valence-electron chi connectivity index (χ3n) is 4.75. The zero-order chi connectivity index (χ0) is 14.2. The molecule has 1 unspecified atom stereocenters. The minimum atomic E-state index is 0.417. The molecule has 1 aromatic carbocycles. The van der Waals surface area contributed by atoms with E-state index in [0.717, 1.165) is 23.7 Å². The predicted molar refractivity (Wildman–Crippen MR) is 84.2 cm³/mol. The second kappa shape index (κ2) is 5.23. The molecule has 3 nitrogen and oxygen atoms in total. The van der Waals surface area contributed by atoms with Crippen molar-refractivity contribution in [2.75, 3.05) is 7.05 Å². The lowest BCUT2D eigenvalue weighted by Crippen LogP contribution is -2.22. The lowest BCUT2D eigenvalue weighted by Gasteiger charge is -2.24. The van der Waals surface area contributed by atoms with Crippen molar-refractivity contribution in [3.8, 4) is 11.4 Å². The number of rotatable bonds is 3. The largest absolute Gasteiger partial charge is 0.313 e. The van der Waals surface area contributed by atoms with Gasteiger partial charge in [0.25, 0.3) is 0 Å². The summed E-state index contributed by atoms with van der Waals surface area (Å²) in [6, 6.07) is 9.25. The Kier molecular flexibility index (Phi) is 3.23. The third kappa shape index (κ3) is 2.46. The average molecular weight is 279 g/mol. The van der Waals surface area contributed by atoms with Crippen LogP contribution in [0, 0.1) is 0 Å². The van der Waals surface area contributed by atoms with Gasteiger partial charge in [0.05, 0.1) is 0 Å². The third-order valence-corrected chi connectivity index (χ3v) is 4.75. The van der Waals surface area contributed by atoms with Gasteiger partial charge >= 0.3 is 0 Å². The van der Waals surface area contributed by atoms with Crippen molar-refractivity contribution in [1.29, 1.82) is 0 Å². The van der Waals surface area contributed by atoms with Gasteiger partial charge in [0.1, 0.15) is 0 Å². The molecule has 2 aliphatic rings. The molecule has 1 saturated carbocycles. The highest BCUT2D eigenvalue weighted by Gasteiger charge is 2.24. The number of nitrogens with one attached hydrogen (secondary N) is 1. The smallest absolute Gasteiger partial charge is 0.159 e. The van der Waals surface area contributed by atoms with E-state index in [-0.39, 0.29) is 0 Å². The summed E-state index contributed by atoms with van der Waals surface area (Å²) in [6.07, 6.45) is 8.17. The minimum absolute atomic E-state index is 0.417. The molecule has 21 heavy (non-hydrogen) atoms. The highest BCUT2D eigenvalue weighted by Crippen LogP contribution is 2.40. The average Bonchev–Trinajstić information content (AvgIpc) is 3.39. The van der Waals surface area contributed by atoms with E-state index in [4.69, 9.17) is 4.98 Å². The Balaban J connectivity index is 1.65. The highest BCUT2D eigenvalue weighted by molar-refractivity contribution is 5.56. The molecule has 1 N–H and O–H groups in total. The first-order valence-electron chi connectivity index (χ1n) is 7.98. The molecule has 0 amide bonds. The molecule has 1 heterocycles. The van der Waals surface area contributed by atoms with Gasteiger partial charge in [-0.2, -0.15) is 0 Å². The van der Waals surface area contributed by atoms with E-state index < -0.39 is 0 Å². The maximum Gasteiger partial charge on any atom is 0.159 e. The molecule has 0 bridgehead atoms. The van der Waals surface area contributed by atoms with E-state index in [2.05, 4.69) is 34.6 Å². The molecule has 0 spiro atoms. The van der Waals surface area contributed by atoms with Gasteiger partial charge in [-0.25, -0.2) is 9.97 Å². The van der Waals surface area contributed by atoms with Crippen LogP contribution in [0.25, 0.3) is 11.4 Å². The van der Waals surface area contributed by atoms with Crippen LogP contribution < -0.4 is 5.32 Å². The monoisotopic (exact) mass is 279 g/mol. The Morgan fingerprint density at radius 2 is 1.90 bits per heavy atom. The molecular formula is C18H21N3. The van der Waals surface area contributed by atoms with Gasteiger partial charge in [0, 0.05) is 29.1 Å².